The van der Waals surface area contributed by atoms with Crippen molar-refractivity contribution in [1.82, 2.24) is 9.88 Å². The Hall–Kier alpha value is -2.83. The van der Waals surface area contributed by atoms with Gasteiger partial charge >= 0.3 is 6.03 Å². The third-order valence-corrected chi connectivity index (χ3v) is 4.68. The van der Waals surface area contributed by atoms with Crippen LogP contribution in [0.1, 0.15) is 12.0 Å². The molecule has 0 unspecified atom stereocenters. The van der Waals surface area contributed by atoms with Crippen LogP contribution in [0.4, 0.5) is 19.3 Å². The lowest BCUT2D eigenvalue weighted by molar-refractivity contribution is -0.119. The van der Waals surface area contributed by atoms with Gasteiger partial charge in [0.2, 0.25) is 0 Å². The fourth-order valence-corrected chi connectivity index (χ4v) is 3.42. The Morgan fingerprint density at radius 3 is 2.68 bits per heavy atom. The van der Waals surface area contributed by atoms with E-state index >= 15 is 0 Å². The summed E-state index contributed by atoms with van der Waals surface area (Å²) < 4.78 is 26.9. The number of aryl methyl sites for hydroxylation is 1. The van der Waals surface area contributed by atoms with Gasteiger partial charge in [-0.25, -0.2) is 18.5 Å². The number of alkyl halides is 1. The van der Waals surface area contributed by atoms with Crippen LogP contribution in [-0.4, -0.2) is 40.6 Å². The summed E-state index contributed by atoms with van der Waals surface area (Å²) >= 11 is 0. The Balaban J connectivity index is 1.75. The first-order chi connectivity index (χ1) is 12.0. The normalized spacial score (nSPS) is 22.7. The van der Waals surface area contributed by atoms with Gasteiger partial charge in [-0.15, -0.1) is 0 Å². The number of carbonyl (C=O) groups excluding carboxylic acids is 2. The van der Waals surface area contributed by atoms with Gasteiger partial charge in [-0.05, 0) is 30.2 Å². The molecule has 2 aromatic rings. The molecule has 3 heterocycles. The topological polar surface area (TPSA) is 53.5 Å². The molecule has 0 spiro atoms. The Morgan fingerprint density at radius 2 is 1.96 bits per heavy atom. The van der Waals surface area contributed by atoms with E-state index in [1.165, 1.54) is 17.2 Å². The van der Waals surface area contributed by atoms with Crippen LogP contribution in [0, 0.1) is 12.7 Å². The van der Waals surface area contributed by atoms with E-state index < -0.39 is 30.0 Å². The Labute approximate surface area is 142 Å². The first-order valence-electron chi connectivity index (χ1n) is 7.96. The minimum Gasteiger partial charge on any atom is -0.309 e. The Kier molecular flexibility index (Phi) is 3.52. The summed E-state index contributed by atoms with van der Waals surface area (Å²) in [6.45, 7) is 1.73. The first-order valence-corrected chi connectivity index (χ1v) is 7.96. The van der Waals surface area contributed by atoms with E-state index in [0.717, 1.165) is 16.7 Å². The van der Waals surface area contributed by atoms with Gasteiger partial charge in [0, 0.05) is 18.2 Å². The summed E-state index contributed by atoms with van der Waals surface area (Å²) in [5, 5.41) is 0. The lowest BCUT2D eigenvalue weighted by Crippen LogP contribution is -2.35. The molecule has 2 saturated heterocycles. The molecule has 1 aromatic heterocycles. The van der Waals surface area contributed by atoms with Gasteiger partial charge < -0.3 is 4.90 Å². The van der Waals surface area contributed by atoms with Crippen molar-refractivity contribution in [3.63, 3.8) is 0 Å². The standard InChI is InChI=1S/C18H15F2N3O2/c1-10-2-3-11(12-4-13(19)8-21-7-12)5-15(10)23-17(24)16-6-14(20)9-22(16)18(23)25/h2-5,7-8,14,16H,6,9H2,1H3/t14-,16-/m0/s1. The molecule has 0 bridgehead atoms. The summed E-state index contributed by atoms with van der Waals surface area (Å²) in [4.78, 5) is 31.4. The number of nitrogens with zero attached hydrogens (tertiary/aromatic N) is 3. The number of anilines is 1. The van der Waals surface area contributed by atoms with E-state index in [1.807, 2.05) is 0 Å². The number of hydrogen-bond donors (Lipinski definition) is 0. The minimum atomic E-state index is -1.16. The van der Waals surface area contributed by atoms with Crippen LogP contribution < -0.4 is 4.90 Å². The van der Waals surface area contributed by atoms with Crippen molar-refractivity contribution in [3.05, 3.63) is 48.0 Å². The maximum Gasteiger partial charge on any atom is 0.332 e. The Morgan fingerprint density at radius 1 is 1.16 bits per heavy atom. The summed E-state index contributed by atoms with van der Waals surface area (Å²) in [5.41, 5.74) is 2.35. The monoisotopic (exact) mass is 343 g/mol. The molecule has 1 aromatic carbocycles. The average molecular weight is 343 g/mol. The molecule has 2 aliphatic rings. The molecular formula is C18H15F2N3O2. The molecule has 5 nitrogen and oxygen atoms in total. The zero-order chi connectivity index (χ0) is 17.7. The van der Waals surface area contributed by atoms with Crippen LogP contribution in [0.3, 0.4) is 0 Å². The van der Waals surface area contributed by atoms with E-state index in [2.05, 4.69) is 4.98 Å². The van der Waals surface area contributed by atoms with Crippen LogP contribution in [0.5, 0.6) is 0 Å². The van der Waals surface area contributed by atoms with Crippen molar-refractivity contribution in [3.8, 4) is 11.1 Å². The van der Waals surface area contributed by atoms with Gasteiger partial charge in [0.15, 0.2) is 0 Å². The fraction of sp³-hybridized carbons (Fsp3) is 0.278. The van der Waals surface area contributed by atoms with Crippen LogP contribution in [0.15, 0.2) is 36.7 Å². The molecule has 0 radical (unpaired) electrons. The SMILES string of the molecule is Cc1ccc(-c2cncc(F)c2)cc1N1C(=O)[C@@H]2C[C@H](F)CN2C1=O. The third-order valence-electron chi connectivity index (χ3n) is 4.68. The zero-order valence-corrected chi connectivity index (χ0v) is 13.4. The number of benzene rings is 1. The highest BCUT2D eigenvalue weighted by atomic mass is 19.1. The molecule has 2 atom stereocenters. The zero-order valence-electron chi connectivity index (χ0n) is 13.4. The molecule has 2 aliphatic heterocycles. The number of imide groups is 1. The number of aromatic nitrogens is 1. The van der Waals surface area contributed by atoms with Crippen LogP contribution in [0.2, 0.25) is 0 Å². The van der Waals surface area contributed by atoms with Crippen molar-refractivity contribution >= 4 is 17.6 Å². The molecule has 0 saturated carbocycles. The second-order valence-electron chi connectivity index (χ2n) is 6.35. The second-order valence-corrected chi connectivity index (χ2v) is 6.35. The minimum absolute atomic E-state index is 0.0353. The van der Waals surface area contributed by atoms with E-state index in [1.54, 1.807) is 25.1 Å². The van der Waals surface area contributed by atoms with Crippen molar-refractivity contribution in [2.45, 2.75) is 25.6 Å². The predicted molar refractivity (Wildman–Crippen MR) is 87.3 cm³/mol. The number of halogens is 2. The molecule has 25 heavy (non-hydrogen) atoms. The van der Waals surface area contributed by atoms with Gasteiger partial charge in [-0.3, -0.25) is 9.78 Å². The number of urea groups is 1. The quantitative estimate of drug-likeness (QED) is 0.788. The average Bonchev–Trinajstić information content (AvgIpc) is 3.07. The van der Waals surface area contributed by atoms with E-state index in [0.29, 0.717) is 16.8 Å². The van der Waals surface area contributed by atoms with Crippen LogP contribution in [-0.2, 0) is 4.79 Å². The van der Waals surface area contributed by atoms with Crippen molar-refractivity contribution < 1.29 is 18.4 Å². The maximum absolute atomic E-state index is 13.5. The first kappa shape index (κ1) is 15.7. The summed E-state index contributed by atoms with van der Waals surface area (Å²) in [6, 6.07) is 5.29. The van der Waals surface area contributed by atoms with E-state index in [9.17, 15) is 18.4 Å². The molecule has 7 heteroatoms. The van der Waals surface area contributed by atoms with Crippen molar-refractivity contribution in [2.75, 3.05) is 11.4 Å². The van der Waals surface area contributed by atoms with Crippen molar-refractivity contribution in [2.24, 2.45) is 0 Å². The Bertz CT molecular complexity index is 862. The number of hydrogen-bond acceptors (Lipinski definition) is 3. The summed E-state index contributed by atoms with van der Waals surface area (Å²) in [6.07, 6.45) is 1.49. The molecule has 4 rings (SSSR count). The molecule has 2 fully saturated rings. The summed E-state index contributed by atoms with van der Waals surface area (Å²) in [5.74, 6) is -0.884. The van der Waals surface area contributed by atoms with Crippen LogP contribution >= 0.6 is 0 Å². The highest BCUT2D eigenvalue weighted by molar-refractivity contribution is 6.22. The lowest BCUT2D eigenvalue weighted by atomic mass is 10.0. The number of fused-ring (bicyclic) bond motifs is 1. The fourth-order valence-electron chi connectivity index (χ4n) is 3.42. The largest absolute Gasteiger partial charge is 0.332 e. The van der Waals surface area contributed by atoms with Gasteiger partial charge in [-0.2, -0.15) is 0 Å². The lowest BCUT2D eigenvalue weighted by Gasteiger charge is -2.19. The van der Waals surface area contributed by atoms with Gasteiger partial charge in [0.25, 0.3) is 5.91 Å². The number of pyridine rings is 1. The van der Waals surface area contributed by atoms with Gasteiger partial charge in [-0.1, -0.05) is 12.1 Å². The number of carbonyl (C=O) groups is 2. The second kappa shape index (κ2) is 5.61. The van der Waals surface area contributed by atoms with Crippen LogP contribution in [0.25, 0.3) is 11.1 Å². The van der Waals surface area contributed by atoms with Gasteiger partial charge in [0.05, 0.1) is 18.4 Å². The molecule has 0 aliphatic carbocycles. The van der Waals surface area contributed by atoms with Crippen molar-refractivity contribution in [1.29, 1.82) is 0 Å². The van der Waals surface area contributed by atoms with E-state index in [4.69, 9.17) is 0 Å². The van der Waals surface area contributed by atoms with E-state index in [-0.39, 0.29) is 13.0 Å². The third kappa shape index (κ3) is 2.47. The summed E-state index contributed by atoms with van der Waals surface area (Å²) in [7, 11) is 0. The number of amides is 3. The maximum atomic E-state index is 13.5. The smallest absolute Gasteiger partial charge is 0.309 e. The highest BCUT2D eigenvalue weighted by Gasteiger charge is 2.51. The molecular weight excluding hydrogens is 328 g/mol. The molecule has 128 valence electrons. The molecule has 0 N–H and O–H groups in total. The molecule has 3 amide bonds. The number of rotatable bonds is 2. The van der Waals surface area contributed by atoms with Gasteiger partial charge in [0.1, 0.15) is 18.0 Å². The highest BCUT2D eigenvalue weighted by Crippen LogP contribution is 2.35. The predicted octanol–water partition coefficient (Wildman–Crippen LogP) is 3.08.